The number of nitrogens with zero attached hydrogens (tertiary/aromatic N) is 5. The smallest absolute Gasteiger partial charge is 0.226 e. The Balaban J connectivity index is 2.07. The molecule has 0 aromatic carbocycles. The first-order valence-electron chi connectivity index (χ1n) is 7.16. The molecule has 0 saturated heterocycles. The van der Waals surface area contributed by atoms with E-state index in [0.717, 1.165) is 29.7 Å². The highest BCUT2D eigenvalue weighted by atomic mass is 15.3. The molecular weight excluding hydrogens is 264 g/mol. The van der Waals surface area contributed by atoms with E-state index in [-0.39, 0.29) is 6.04 Å². The Labute approximate surface area is 126 Å². The Kier molecular flexibility index (Phi) is 4.45. The molecule has 114 valence electrons. The Morgan fingerprint density at radius 3 is 2.43 bits per heavy atom. The van der Waals surface area contributed by atoms with Crippen molar-refractivity contribution in [3.63, 3.8) is 0 Å². The molecular formula is C15H24N6. The number of hydrogen-bond acceptors (Lipinski definition) is 5. The number of anilines is 2. The van der Waals surface area contributed by atoms with Gasteiger partial charge >= 0.3 is 0 Å². The third-order valence-electron chi connectivity index (χ3n) is 3.28. The van der Waals surface area contributed by atoms with Crippen LogP contribution < -0.4 is 10.2 Å². The average Bonchev–Trinajstić information content (AvgIpc) is 2.74. The van der Waals surface area contributed by atoms with Gasteiger partial charge in [0.1, 0.15) is 5.82 Å². The lowest BCUT2D eigenvalue weighted by Crippen LogP contribution is -2.20. The van der Waals surface area contributed by atoms with E-state index in [1.807, 2.05) is 43.6 Å². The molecule has 0 amide bonds. The van der Waals surface area contributed by atoms with Gasteiger partial charge in [0.25, 0.3) is 0 Å². The normalized spacial score (nSPS) is 12.3. The second-order valence-electron chi connectivity index (χ2n) is 5.69. The van der Waals surface area contributed by atoms with Crippen molar-refractivity contribution in [2.75, 3.05) is 30.9 Å². The van der Waals surface area contributed by atoms with Crippen LogP contribution in [0, 0.1) is 20.8 Å². The van der Waals surface area contributed by atoms with Gasteiger partial charge in [-0.1, -0.05) is 0 Å². The largest absolute Gasteiger partial charge is 0.368 e. The van der Waals surface area contributed by atoms with Crippen LogP contribution in [0.4, 0.5) is 11.8 Å². The van der Waals surface area contributed by atoms with Crippen LogP contribution in [-0.4, -0.2) is 40.4 Å². The SMILES string of the molecule is Cc1cc(NCC(C)n2nc(C)cc2C)nc(N(C)C)n1. The van der Waals surface area contributed by atoms with Gasteiger partial charge in [0, 0.05) is 38.1 Å². The highest BCUT2D eigenvalue weighted by Crippen LogP contribution is 2.14. The fourth-order valence-electron chi connectivity index (χ4n) is 2.27. The second kappa shape index (κ2) is 6.11. The molecule has 6 nitrogen and oxygen atoms in total. The lowest BCUT2D eigenvalue weighted by Gasteiger charge is -2.17. The summed E-state index contributed by atoms with van der Waals surface area (Å²) in [4.78, 5) is 10.8. The van der Waals surface area contributed by atoms with E-state index in [1.165, 1.54) is 5.69 Å². The minimum Gasteiger partial charge on any atom is -0.368 e. The highest BCUT2D eigenvalue weighted by molar-refractivity contribution is 5.42. The number of aromatic nitrogens is 4. The minimum atomic E-state index is 0.261. The summed E-state index contributed by atoms with van der Waals surface area (Å²) in [6.45, 7) is 8.99. The summed E-state index contributed by atoms with van der Waals surface area (Å²) in [5, 5.41) is 7.90. The van der Waals surface area contributed by atoms with Crippen LogP contribution in [0.2, 0.25) is 0 Å². The molecule has 0 aliphatic heterocycles. The van der Waals surface area contributed by atoms with Crippen molar-refractivity contribution in [3.8, 4) is 0 Å². The van der Waals surface area contributed by atoms with Gasteiger partial charge < -0.3 is 10.2 Å². The molecule has 2 aromatic rings. The third kappa shape index (κ3) is 3.71. The molecule has 0 radical (unpaired) electrons. The van der Waals surface area contributed by atoms with Crippen molar-refractivity contribution in [1.29, 1.82) is 0 Å². The van der Waals surface area contributed by atoms with Gasteiger partial charge in [-0.15, -0.1) is 0 Å². The molecule has 1 atom stereocenters. The van der Waals surface area contributed by atoms with E-state index in [1.54, 1.807) is 0 Å². The van der Waals surface area contributed by atoms with E-state index in [2.05, 4.69) is 40.3 Å². The molecule has 0 spiro atoms. The molecule has 2 rings (SSSR count). The zero-order valence-electron chi connectivity index (χ0n) is 13.7. The monoisotopic (exact) mass is 288 g/mol. The van der Waals surface area contributed by atoms with E-state index < -0.39 is 0 Å². The Hall–Kier alpha value is -2.11. The zero-order valence-corrected chi connectivity index (χ0v) is 13.7. The molecule has 2 heterocycles. The Morgan fingerprint density at radius 1 is 1.14 bits per heavy atom. The van der Waals surface area contributed by atoms with E-state index >= 15 is 0 Å². The zero-order chi connectivity index (χ0) is 15.6. The van der Waals surface area contributed by atoms with Crippen LogP contribution in [0.15, 0.2) is 12.1 Å². The second-order valence-corrected chi connectivity index (χ2v) is 5.69. The molecule has 1 unspecified atom stereocenters. The Morgan fingerprint density at radius 2 is 1.86 bits per heavy atom. The topological polar surface area (TPSA) is 58.9 Å². The molecule has 6 heteroatoms. The van der Waals surface area contributed by atoms with E-state index in [4.69, 9.17) is 0 Å². The van der Waals surface area contributed by atoms with Gasteiger partial charge in [0.05, 0.1) is 11.7 Å². The van der Waals surface area contributed by atoms with E-state index in [9.17, 15) is 0 Å². The lowest BCUT2D eigenvalue weighted by molar-refractivity contribution is 0.497. The van der Waals surface area contributed by atoms with Crippen LogP contribution in [0.3, 0.4) is 0 Å². The van der Waals surface area contributed by atoms with E-state index in [0.29, 0.717) is 0 Å². The van der Waals surface area contributed by atoms with Gasteiger partial charge in [0.15, 0.2) is 0 Å². The van der Waals surface area contributed by atoms with Crippen LogP contribution >= 0.6 is 0 Å². The van der Waals surface area contributed by atoms with Crippen molar-refractivity contribution in [3.05, 3.63) is 29.2 Å². The molecule has 2 aromatic heterocycles. The minimum absolute atomic E-state index is 0.261. The van der Waals surface area contributed by atoms with Gasteiger partial charge in [0.2, 0.25) is 5.95 Å². The highest BCUT2D eigenvalue weighted by Gasteiger charge is 2.10. The van der Waals surface area contributed by atoms with Gasteiger partial charge in [-0.05, 0) is 33.8 Å². The molecule has 0 aliphatic rings. The first-order valence-corrected chi connectivity index (χ1v) is 7.16. The summed E-state index contributed by atoms with van der Waals surface area (Å²) < 4.78 is 2.04. The third-order valence-corrected chi connectivity index (χ3v) is 3.28. The maximum atomic E-state index is 4.52. The number of hydrogen-bond donors (Lipinski definition) is 1. The van der Waals surface area contributed by atoms with Crippen LogP contribution in [0.1, 0.15) is 30.0 Å². The molecule has 21 heavy (non-hydrogen) atoms. The summed E-state index contributed by atoms with van der Waals surface area (Å²) in [6.07, 6.45) is 0. The van der Waals surface area contributed by atoms with Crippen molar-refractivity contribution >= 4 is 11.8 Å². The molecule has 0 fully saturated rings. The predicted octanol–water partition coefficient (Wildman–Crippen LogP) is 2.34. The molecule has 0 saturated carbocycles. The first kappa shape index (κ1) is 15.3. The van der Waals surface area contributed by atoms with Crippen LogP contribution in [0.25, 0.3) is 0 Å². The van der Waals surface area contributed by atoms with Gasteiger partial charge in [-0.25, -0.2) is 4.98 Å². The van der Waals surface area contributed by atoms with Crippen molar-refractivity contribution in [1.82, 2.24) is 19.7 Å². The first-order chi connectivity index (χ1) is 9.86. The number of nitrogens with one attached hydrogen (secondary N) is 1. The maximum Gasteiger partial charge on any atom is 0.226 e. The summed E-state index contributed by atoms with van der Waals surface area (Å²) >= 11 is 0. The summed E-state index contributed by atoms with van der Waals surface area (Å²) in [5.41, 5.74) is 3.18. The number of aryl methyl sites for hydroxylation is 3. The number of rotatable bonds is 5. The van der Waals surface area contributed by atoms with Crippen molar-refractivity contribution in [2.24, 2.45) is 0 Å². The maximum absolute atomic E-state index is 4.52. The van der Waals surface area contributed by atoms with Crippen molar-refractivity contribution in [2.45, 2.75) is 33.7 Å². The fraction of sp³-hybridized carbons (Fsp3) is 0.533. The van der Waals surface area contributed by atoms with Crippen LogP contribution in [-0.2, 0) is 0 Å². The van der Waals surface area contributed by atoms with Crippen molar-refractivity contribution < 1.29 is 0 Å². The fourth-order valence-corrected chi connectivity index (χ4v) is 2.27. The lowest BCUT2D eigenvalue weighted by atomic mass is 10.3. The molecule has 0 aliphatic carbocycles. The Bertz CT molecular complexity index is 617. The average molecular weight is 288 g/mol. The van der Waals surface area contributed by atoms with Gasteiger partial charge in [-0.3, -0.25) is 4.68 Å². The summed E-state index contributed by atoms with van der Waals surface area (Å²) in [5.74, 6) is 1.57. The van der Waals surface area contributed by atoms with Gasteiger partial charge in [-0.2, -0.15) is 10.1 Å². The predicted molar refractivity (Wildman–Crippen MR) is 86.0 cm³/mol. The standard InChI is InChI=1S/C15H24N6/c1-10-8-14(18-15(17-10)20(5)6)16-9-13(4)21-12(3)7-11(2)19-21/h7-8,13H,9H2,1-6H3,(H,16,17,18). The summed E-state index contributed by atoms with van der Waals surface area (Å²) in [7, 11) is 3.88. The quantitative estimate of drug-likeness (QED) is 0.915. The van der Waals surface area contributed by atoms with Crippen LogP contribution in [0.5, 0.6) is 0 Å². The summed E-state index contributed by atoms with van der Waals surface area (Å²) in [6, 6.07) is 4.31. The molecule has 1 N–H and O–H groups in total. The molecule has 0 bridgehead atoms.